The average Bonchev–Trinajstić information content (AvgIpc) is 3.00. The fourth-order valence-corrected chi connectivity index (χ4v) is 3.65. The molecule has 0 radical (unpaired) electrons. The fourth-order valence-electron chi connectivity index (χ4n) is 3.65. The molecule has 0 spiro atoms. The van der Waals surface area contributed by atoms with Crippen LogP contribution >= 0.6 is 0 Å². The quantitative estimate of drug-likeness (QED) is 0.245. The molecular weight excluding hydrogens is 434 g/mol. The maximum atomic E-state index is 13.3. The van der Waals surface area contributed by atoms with E-state index >= 15 is 0 Å². The first kappa shape index (κ1) is 25.1. The van der Waals surface area contributed by atoms with Crippen molar-refractivity contribution in [3.05, 3.63) is 75.5 Å². The molecule has 0 aliphatic carbocycles. The van der Waals surface area contributed by atoms with Gasteiger partial charge in [-0.05, 0) is 61.1 Å². The molecule has 8 heteroatoms. The van der Waals surface area contributed by atoms with E-state index in [0.29, 0.717) is 24.3 Å². The van der Waals surface area contributed by atoms with Crippen molar-refractivity contribution in [2.45, 2.75) is 52.6 Å². The Balaban J connectivity index is 1.92. The van der Waals surface area contributed by atoms with Crippen LogP contribution in [0, 0.1) is 10.1 Å². The lowest BCUT2D eigenvalue weighted by Crippen LogP contribution is -2.34. The van der Waals surface area contributed by atoms with Crippen molar-refractivity contribution in [2.75, 3.05) is 18.5 Å². The van der Waals surface area contributed by atoms with Gasteiger partial charge in [0, 0.05) is 31.0 Å². The lowest BCUT2D eigenvalue weighted by Gasteiger charge is -2.19. The van der Waals surface area contributed by atoms with Crippen LogP contribution in [0.3, 0.4) is 0 Å². The molecule has 2 aromatic carbocycles. The van der Waals surface area contributed by atoms with Crippen LogP contribution in [-0.2, 0) is 19.7 Å². The summed E-state index contributed by atoms with van der Waals surface area (Å²) in [5.74, 6) is -0.861. The Morgan fingerprint density at radius 3 is 2.15 bits per heavy atom. The molecule has 0 fully saturated rings. The number of nitrogens with one attached hydrogen (secondary N) is 1. The summed E-state index contributed by atoms with van der Waals surface area (Å²) in [7, 11) is 0. The van der Waals surface area contributed by atoms with Gasteiger partial charge >= 0.3 is 0 Å². The molecule has 34 heavy (non-hydrogen) atoms. The minimum atomic E-state index is -0.503. The molecule has 0 saturated heterocycles. The van der Waals surface area contributed by atoms with Gasteiger partial charge in [-0.25, -0.2) is 0 Å². The Morgan fingerprint density at radius 2 is 1.62 bits per heavy atom. The summed E-state index contributed by atoms with van der Waals surface area (Å²) in [6.45, 7) is 10.8. The second kappa shape index (κ2) is 10.2. The predicted molar refractivity (Wildman–Crippen MR) is 131 cm³/mol. The zero-order valence-corrected chi connectivity index (χ0v) is 20.3. The fraction of sp³-hybridized carbons (Fsp3) is 0.385. The van der Waals surface area contributed by atoms with Crippen molar-refractivity contribution >= 4 is 28.8 Å². The first-order chi connectivity index (χ1) is 16.0. The molecule has 0 atom stereocenters. The van der Waals surface area contributed by atoms with E-state index < -0.39 is 16.7 Å². The number of benzene rings is 2. The zero-order valence-electron chi connectivity index (χ0n) is 20.3. The normalized spacial score (nSPS) is 14.4. The van der Waals surface area contributed by atoms with Crippen molar-refractivity contribution in [2.24, 2.45) is 0 Å². The molecule has 8 nitrogen and oxygen atoms in total. The van der Waals surface area contributed by atoms with Gasteiger partial charge in [-0.1, -0.05) is 32.9 Å². The Hall–Kier alpha value is -3.52. The summed E-state index contributed by atoms with van der Waals surface area (Å²) in [5.41, 5.74) is 2.51. The van der Waals surface area contributed by atoms with E-state index in [0.717, 1.165) is 5.56 Å². The van der Waals surface area contributed by atoms with Crippen molar-refractivity contribution < 1.29 is 19.2 Å². The second-order valence-corrected chi connectivity index (χ2v) is 9.54. The molecule has 0 saturated carbocycles. The maximum absolute atomic E-state index is 13.3. The van der Waals surface area contributed by atoms with E-state index in [9.17, 15) is 19.7 Å². The lowest BCUT2D eigenvalue weighted by molar-refractivity contribution is -0.384. The maximum Gasteiger partial charge on any atom is 0.278 e. The number of anilines is 1. The van der Waals surface area contributed by atoms with E-state index in [1.165, 1.54) is 29.2 Å². The van der Waals surface area contributed by atoms with Crippen LogP contribution in [0.2, 0.25) is 0 Å². The molecule has 1 aliphatic heterocycles. The number of nitro benzene ring substituents is 1. The minimum Gasteiger partial charge on any atom is -0.379 e. The largest absolute Gasteiger partial charge is 0.379 e. The molecule has 2 aromatic rings. The molecule has 0 unspecified atom stereocenters. The Labute approximate surface area is 199 Å². The first-order valence-corrected chi connectivity index (χ1v) is 11.3. The highest BCUT2D eigenvalue weighted by Crippen LogP contribution is 2.32. The summed E-state index contributed by atoms with van der Waals surface area (Å²) in [4.78, 5) is 38.3. The summed E-state index contributed by atoms with van der Waals surface area (Å²) in [6.07, 6.45) is 0.573. The monoisotopic (exact) mass is 465 g/mol. The van der Waals surface area contributed by atoms with Crippen LogP contribution in [0.25, 0.3) is 5.57 Å². The van der Waals surface area contributed by atoms with Crippen LogP contribution in [0.15, 0.2) is 54.2 Å². The van der Waals surface area contributed by atoms with Gasteiger partial charge in [-0.15, -0.1) is 0 Å². The zero-order chi connectivity index (χ0) is 25.0. The van der Waals surface area contributed by atoms with Gasteiger partial charge in [-0.3, -0.25) is 24.6 Å². The highest BCUT2D eigenvalue weighted by atomic mass is 16.6. The van der Waals surface area contributed by atoms with Crippen molar-refractivity contribution in [1.29, 1.82) is 0 Å². The third kappa shape index (κ3) is 5.69. The SMILES string of the molecule is CC(C)OCCCN1C(=O)C(Nc2ccc(C(C)(C)C)cc2)=C(c2ccc([N+](=O)[O-])cc2)C1=O. The van der Waals surface area contributed by atoms with Crippen molar-refractivity contribution in [3.8, 4) is 0 Å². The molecule has 2 amide bonds. The van der Waals surface area contributed by atoms with Gasteiger partial charge in [0.25, 0.3) is 17.5 Å². The number of ether oxygens (including phenoxy) is 1. The predicted octanol–water partition coefficient (Wildman–Crippen LogP) is 4.90. The molecule has 0 aromatic heterocycles. The number of non-ortho nitro benzene ring substituents is 1. The van der Waals surface area contributed by atoms with Crippen molar-refractivity contribution in [1.82, 2.24) is 4.90 Å². The number of rotatable bonds is 9. The smallest absolute Gasteiger partial charge is 0.278 e. The summed E-state index contributed by atoms with van der Waals surface area (Å²) < 4.78 is 5.54. The van der Waals surface area contributed by atoms with Crippen LogP contribution in [0.5, 0.6) is 0 Å². The van der Waals surface area contributed by atoms with E-state index in [1.807, 2.05) is 38.1 Å². The number of hydrogen-bond acceptors (Lipinski definition) is 6. The summed E-state index contributed by atoms with van der Waals surface area (Å²) in [5, 5.41) is 14.2. The van der Waals surface area contributed by atoms with E-state index in [2.05, 4.69) is 26.1 Å². The molecule has 3 rings (SSSR count). The van der Waals surface area contributed by atoms with E-state index in [4.69, 9.17) is 4.74 Å². The first-order valence-electron chi connectivity index (χ1n) is 11.3. The Kier molecular flexibility index (Phi) is 7.51. The summed E-state index contributed by atoms with van der Waals surface area (Å²) >= 11 is 0. The topological polar surface area (TPSA) is 102 Å². The standard InChI is InChI=1S/C26H31N3O5/c1-17(2)34-16-6-15-28-24(30)22(18-7-13-21(14-8-18)29(32)33)23(25(28)31)27-20-11-9-19(10-12-20)26(3,4)5/h7-14,17,27H,6,15-16H2,1-5H3. The van der Waals surface area contributed by atoms with Crippen LogP contribution < -0.4 is 5.32 Å². The second-order valence-electron chi connectivity index (χ2n) is 9.54. The van der Waals surface area contributed by atoms with Crippen LogP contribution in [0.4, 0.5) is 11.4 Å². The number of amides is 2. The Bertz CT molecular complexity index is 1100. The van der Waals surface area contributed by atoms with Gasteiger partial charge < -0.3 is 10.1 Å². The Morgan fingerprint density at radius 1 is 1.00 bits per heavy atom. The summed E-state index contributed by atoms with van der Waals surface area (Å²) in [6, 6.07) is 13.4. The number of hydrogen-bond donors (Lipinski definition) is 1. The van der Waals surface area contributed by atoms with E-state index in [1.54, 1.807) is 0 Å². The average molecular weight is 466 g/mol. The van der Waals surface area contributed by atoms with Crippen LogP contribution in [0.1, 0.15) is 52.2 Å². The third-order valence-electron chi connectivity index (χ3n) is 5.53. The van der Waals surface area contributed by atoms with Crippen LogP contribution in [-0.4, -0.2) is 40.9 Å². The molecule has 1 N–H and O–H groups in total. The molecule has 180 valence electrons. The highest BCUT2D eigenvalue weighted by molar-refractivity contribution is 6.36. The molecule has 1 aliphatic rings. The lowest BCUT2D eigenvalue weighted by atomic mass is 9.87. The van der Waals surface area contributed by atoms with Gasteiger partial charge in [-0.2, -0.15) is 0 Å². The number of carbonyl (C=O) groups excluding carboxylic acids is 2. The van der Waals surface area contributed by atoms with Crippen molar-refractivity contribution in [3.63, 3.8) is 0 Å². The van der Waals surface area contributed by atoms with Gasteiger partial charge in [0.15, 0.2) is 0 Å². The minimum absolute atomic E-state index is 0.0181. The number of carbonyl (C=O) groups is 2. The number of nitrogens with zero attached hydrogens (tertiary/aromatic N) is 2. The van der Waals surface area contributed by atoms with Gasteiger partial charge in [0.1, 0.15) is 5.70 Å². The number of imide groups is 1. The van der Waals surface area contributed by atoms with Gasteiger partial charge in [0.2, 0.25) is 0 Å². The third-order valence-corrected chi connectivity index (χ3v) is 5.53. The van der Waals surface area contributed by atoms with Gasteiger partial charge in [0.05, 0.1) is 16.6 Å². The number of nitro groups is 1. The highest BCUT2D eigenvalue weighted by Gasteiger charge is 2.39. The molecule has 1 heterocycles. The molecular formula is C26H31N3O5. The van der Waals surface area contributed by atoms with E-state index in [-0.39, 0.29) is 35.0 Å². The molecule has 0 bridgehead atoms.